The lowest BCUT2D eigenvalue weighted by molar-refractivity contribution is -0.180. The summed E-state index contributed by atoms with van der Waals surface area (Å²) in [6.07, 6.45) is -2.00. The third kappa shape index (κ3) is 8.49. The molecule has 16 nitrogen and oxygen atoms in total. The van der Waals surface area contributed by atoms with Crippen molar-refractivity contribution in [2.45, 2.75) is 83.3 Å². The zero-order chi connectivity index (χ0) is 41.1. The fourth-order valence-corrected chi connectivity index (χ4v) is 6.98. The highest BCUT2D eigenvalue weighted by molar-refractivity contribution is 6.04. The first-order chi connectivity index (χ1) is 26.3. The molecule has 0 spiro atoms. The third-order valence-corrected chi connectivity index (χ3v) is 9.91. The van der Waals surface area contributed by atoms with Gasteiger partial charge in [0, 0.05) is 42.7 Å². The van der Waals surface area contributed by atoms with Crippen LogP contribution < -0.4 is 26.0 Å². The Kier molecular flexibility index (Phi) is 11.8. The summed E-state index contributed by atoms with van der Waals surface area (Å²) < 4.78 is 5.17. The number of rotatable bonds is 13. The van der Waals surface area contributed by atoms with Gasteiger partial charge in [-0.1, -0.05) is 57.2 Å². The lowest BCUT2D eigenvalue weighted by Crippen LogP contribution is -2.58. The first-order valence-electron chi connectivity index (χ1n) is 17.9. The molecule has 5 amide bonds. The van der Waals surface area contributed by atoms with Gasteiger partial charge in [-0.05, 0) is 65.8 Å². The van der Waals surface area contributed by atoms with Crippen molar-refractivity contribution < 1.29 is 53.6 Å². The molecule has 0 aliphatic carbocycles. The predicted molar refractivity (Wildman–Crippen MR) is 200 cm³/mol. The van der Waals surface area contributed by atoms with Crippen LogP contribution in [-0.2, 0) is 41.7 Å². The van der Waals surface area contributed by atoms with Crippen LogP contribution in [0, 0.1) is 5.41 Å². The van der Waals surface area contributed by atoms with Gasteiger partial charge < -0.3 is 46.2 Å². The molecular weight excluding hydrogens is 726 g/mol. The number of aliphatic hydroxyl groups excluding tert-OH is 1. The molecule has 56 heavy (non-hydrogen) atoms. The lowest BCUT2D eigenvalue weighted by Gasteiger charge is -2.36. The second kappa shape index (κ2) is 16.2. The summed E-state index contributed by atoms with van der Waals surface area (Å²) in [5, 5.41) is 35.4. The summed E-state index contributed by atoms with van der Waals surface area (Å²) in [7, 11) is 0. The first kappa shape index (κ1) is 40.9. The van der Waals surface area contributed by atoms with Crippen LogP contribution in [0.3, 0.4) is 0 Å². The van der Waals surface area contributed by atoms with E-state index in [0.29, 0.717) is 11.3 Å². The van der Waals surface area contributed by atoms with Crippen molar-refractivity contribution in [1.82, 2.24) is 15.5 Å². The fourth-order valence-electron chi connectivity index (χ4n) is 6.98. The van der Waals surface area contributed by atoms with Gasteiger partial charge in [0.2, 0.25) is 29.5 Å². The Bertz CT molecular complexity index is 2020. The number of nitrogens with zero attached hydrogens (tertiary/aromatic N) is 2. The molecule has 1 unspecified atom stereocenters. The van der Waals surface area contributed by atoms with Crippen LogP contribution in [0.25, 0.3) is 0 Å². The zero-order valence-corrected chi connectivity index (χ0v) is 31.4. The van der Waals surface area contributed by atoms with Crippen LogP contribution in [0.15, 0.2) is 72.8 Å². The smallest absolute Gasteiger partial charge is 0.363 e. The largest absolute Gasteiger partial charge is 0.478 e. The van der Waals surface area contributed by atoms with Gasteiger partial charge in [0.25, 0.3) is 0 Å². The van der Waals surface area contributed by atoms with Crippen molar-refractivity contribution in [3.63, 3.8) is 0 Å². The highest BCUT2D eigenvalue weighted by Gasteiger charge is 2.61. The number of anilines is 1. The van der Waals surface area contributed by atoms with E-state index in [4.69, 9.17) is 10.5 Å². The Morgan fingerprint density at radius 3 is 2.16 bits per heavy atom. The van der Waals surface area contributed by atoms with E-state index in [-0.39, 0.29) is 55.1 Å². The second-order valence-electron chi connectivity index (χ2n) is 15.0. The van der Waals surface area contributed by atoms with Gasteiger partial charge in [-0.2, -0.15) is 0 Å². The van der Waals surface area contributed by atoms with E-state index in [0.717, 1.165) is 5.56 Å². The predicted octanol–water partition coefficient (Wildman–Crippen LogP) is 1.92. The number of hydrogen-bond donors (Lipinski definition) is 6. The molecule has 0 bridgehead atoms. The Balaban J connectivity index is 1.38. The number of primary amides is 1. The van der Waals surface area contributed by atoms with E-state index in [1.807, 2.05) is 30.3 Å². The summed E-state index contributed by atoms with van der Waals surface area (Å²) in [6.45, 7) is 6.73. The number of nitrogens with one attached hydrogen (secondary N) is 2. The summed E-state index contributed by atoms with van der Waals surface area (Å²) in [6, 6.07) is 16.8. The number of carbonyl (C=O) groups is 7. The third-order valence-electron chi connectivity index (χ3n) is 9.91. The quantitative estimate of drug-likeness (QED) is 0.137. The number of amides is 5. The highest BCUT2D eigenvalue weighted by Crippen LogP contribution is 2.44. The number of likely N-dealkylation sites (tertiary alicyclic amines) is 1. The van der Waals surface area contributed by atoms with E-state index in [9.17, 15) is 48.9 Å². The fraction of sp³-hybridized carbons (Fsp3) is 0.375. The van der Waals surface area contributed by atoms with E-state index in [1.54, 1.807) is 32.9 Å². The molecule has 1 fully saturated rings. The topological polar surface area (TPSA) is 246 Å². The Hall–Kier alpha value is -6.29. The monoisotopic (exact) mass is 771 g/mol. The molecular formula is C40H45N5O11. The molecule has 2 heterocycles. The molecule has 2 aliphatic rings. The number of ether oxygens (including phenoxy) is 1. The van der Waals surface area contributed by atoms with Crippen LogP contribution in [0.5, 0.6) is 5.75 Å². The van der Waals surface area contributed by atoms with Gasteiger partial charge in [0.15, 0.2) is 0 Å². The van der Waals surface area contributed by atoms with Gasteiger partial charge in [-0.25, -0.2) is 9.59 Å². The minimum Gasteiger partial charge on any atom is -0.478 e. The number of carboxylic acids is 2. The maximum Gasteiger partial charge on any atom is 0.363 e. The molecule has 1 saturated heterocycles. The number of carbonyl (C=O) groups excluding carboxylic acids is 5. The van der Waals surface area contributed by atoms with Gasteiger partial charge in [0.1, 0.15) is 23.9 Å². The number of fused-ring (bicyclic) bond motifs is 1. The Morgan fingerprint density at radius 2 is 1.59 bits per heavy atom. The number of nitrogens with two attached hydrogens (primary N) is 1. The van der Waals surface area contributed by atoms with Gasteiger partial charge in [-0.3, -0.25) is 24.0 Å². The van der Waals surface area contributed by atoms with E-state index in [1.165, 1.54) is 47.1 Å². The van der Waals surface area contributed by atoms with Crippen molar-refractivity contribution in [3.05, 3.63) is 95.1 Å². The standard InChI is InChI=1S/C40H45N5O11/c1-22(46)42-26-19-29(35(50)44(20-24-8-6-5-7-9-24)27-14-12-25(13-15-27)34(41)49)45(21-26)36(51)32(39(2,3)4)43-31(47)17-11-23-10-16-30-28(18-23)33(48)40(56-30,37(52)53)38(54)55/h5-10,12-16,18,26,29,32-33,48H,11,17,19-21H2,1-4H3,(H2,41,49)(H,42,46)(H,43,47)(H,52,53)(H,54,55)/t26-,29+,32-,33?/m1/s1. The molecule has 0 radical (unpaired) electrons. The van der Waals surface area contributed by atoms with Crippen LogP contribution in [0.4, 0.5) is 5.69 Å². The van der Waals surface area contributed by atoms with Gasteiger partial charge in [0.05, 0.1) is 6.54 Å². The second-order valence-corrected chi connectivity index (χ2v) is 15.0. The van der Waals surface area contributed by atoms with Crippen molar-refractivity contribution >= 4 is 47.2 Å². The van der Waals surface area contributed by atoms with Gasteiger partial charge in [-0.15, -0.1) is 0 Å². The van der Waals surface area contributed by atoms with Crippen molar-refractivity contribution in [1.29, 1.82) is 0 Å². The molecule has 3 aromatic carbocycles. The Labute approximate surface area is 322 Å². The first-order valence-corrected chi connectivity index (χ1v) is 17.9. The molecule has 3 aromatic rings. The number of benzene rings is 3. The maximum atomic E-state index is 14.6. The number of aryl methyl sites for hydroxylation is 1. The molecule has 2 aliphatic heterocycles. The average molecular weight is 772 g/mol. The number of hydrogen-bond acceptors (Lipinski definition) is 9. The molecule has 5 rings (SSSR count). The number of carboxylic acid groups (broad SMARTS) is 2. The van der Waals surface area contributed by atoms with Crippen LogP contribution in [0.2, 0.25) is 0 Å². The molecule has 7 N–H and O–H groups in total. The highest BCUT2D eigenvalue weighted by atomic mass is 16.6. The van der Waals surface area contributed by atoms with E-state index in [2.05, 4.69) is 10.6 Å². The molecule has 16 heteroatoms. The molecule has 0 saturated carbocycles. The summed E-state index contributed by atoms with van der Waals surface area (Å²) in [5.74, 6) is -6.37. The zero-order valence-electron chi connectivity index (χ0n) is 31.4. The summed E-state index contributed by atoms with van der Waals surface area (Å²) in [5.41, 5.74) is 3.58. The van der Waals surface area contributed by atoms with E-state index < -0.39 is 70.8 Å². The van der Waals surface area contributed by atoms with Crippen molar-refractivity contribution in [2.75, 3.05) is 11.4 Å². The summed E-state index contributed by atoms with van der Waals surface area (Å²) in [4.78, 5) is 93.1. The minimum atomic E-state index is -2.92. The van der Waals surface area contributed by atoms with Crippen molar-refractivity contribution in [2.24, 2.45) is 11.1 Å². The van der Waals surface area contributed by atoms with Crippen LogP contribution in [0.1, 0.15) is 73.7 Å². The maximum absolute atomic E-state index is 14.6. The lowest BCUT2D eigenvalue weighted by atomic mass is 9.85. The normalized spacial score (nSPS) is 18.9. The summed E-state index contributed by atoms with van der Waals surface area (Å²) >= 11 is 0. The van der Waals surface area contributed by atoms with E-state index >= 15 is 0 Å². The van der Waals surface area contributed by atoms with Gasteiger partial charge >= 0.3 is 17.5 Å². The minimum absolute atomic E-state index is 0.00917. The van der Waals surface area contributed by atoms with Crippen LogP contribution >= 0.6 is 0 Å². The van der Waals surface area contributed by atoms with Crippen LogP contribution in [-0.4, -0.2) is 92.0 Å². The average Bonchev–Trinajstić information content (AvgIpc) is 3.70. The Morgan fingerprint density at radius 1 is 0.946 bits per heavy atom. The van der Waals surface area contributed by atoms with Crippen molar-refractivity contribution in [3.8, 4) is 5.75 Å². The SMILES string of the molecule is CC(=O)N[C@@H]1C[C@@H](C(=O)N(Cc2ccccc2)c2ccc(C(N)=O)cc2)N(C(=O)[C@@H](NC(=O)CCc2ccc3c(c2)C(O)C(C(=O)O)(C(=O)O)O3)C(C)(C)C)C1. The molecule has 4 atom stereocenters. The number of aliphatic carboxylic acids is 2. The molecule has 296 valence electrons. The molecule has 0 aromatic heterocycles. The number of aliphatic hydroxyl groups is 1.